The molecule has 190 valence electrons. The van der Waals surface area contributed by atoms with Crippen molar-refractivity contribution in [3.63, 3.8) is 0 Å². The van der Waals surface area contributed by atoms with Gasteiger partial charge in [0.2, 0.25) is 0 Å². The number of benzene rings is 2. The summed E-state index contributed by atoms with van der Waals surface area (Å²) in [5, 5.41) is 8.86. The Hall–Kier alpha value is -2.55. The molecule has 0 heterocycles. The predicted octanol–water partition coefficient (Wildman–Crippen LogP) is 7.30. The lowest BCUT2D eigenvalue weighted by molar-refractivity contribution is -0.357. The zero-order valence-electron chi connectivity index (χ0n) is 19.5. The maximum atomic E-state index is 12.5. The minimum atomic E-state index is -6.25. The molecule has 0 bridgehead atoms. The van der Waals surface area contributed by atoms with E-state index in [-0.39, 0.29) is 11.5 Å². The van der Waals surface area contributed by atoms with Crippen molar-refractivity contribution in [2.75, 3.05) is 0 Å². The standard InChI is InChI=1S/C15H16F6O3.C10H14/c1-3-9(2)11-6-4-10(5-7-11)8-24-12(22)13(23,14(16,17)18)15(19,20)21;1-3-9(2)10-7-5-4-6-8-10/h4-7,9,23H,3,8H2,1-2H3;4-9H,3H2,1-2H3. The summed E-state index contributed by atoms with van der Waals surface area (Å²) in [6.45, 7) is 7.55. The van der Waals surface area contributed by atoms with Gasteiger partial charge < -0.3 is 9.84 Å². The fraction of sp³-hybridized carbons (Fsp3) is 0.480. The highest BCUT2D eigenvalue weighted by Crippen LogP contribution is 2.44. The topological polar surface area (TPSA) is 46.5 Å². The third-order valence-corrected chi connectivity index (χ3v) is 5.63. The Labute approximate surface area is 195 Å². The van der Waals surface area contributed by atoms with Crippen LogP contribution in [0.25, 0.3) is 0 Å². The van der Waals surface area contributed by atoms with Gasteiger partial charge in [0.1, 0.15) is 6.61 Å². The summed E-state index contributed by atoms with van der Waals surface area (Å²) in [4.78, 5) is 11.2. The van der Waals surface area contributed by atoms with Gasteiger partial charge in [0, 0.05) is 0 Å². The molecule has 3 nitrogen and oxygen atoms in total. The van der Waals surface area contributed by atoms with Gasteiger partial charge in [0.05, 0.1) is 0 Å². The molecule has 0 aliphatic heterocycles. The highest BCUT2D eigenvalue weighted by atomic mass is 19.4. The highest BCUT2D eigenvalue weighted by molar-refractivity contribution is 5.81. The third kappa shape index (κ3) is 7.48. The fourth-order valence-corrected chi connectivity index (χ4v) is 2.84. The van der Waals surface area contributed by atoms with Crippen LogP contribution < -0.4 is 0 Å². The molecular weight excluding hydrogens is 462 g/mol. The van der Waals surface area contributed by atoms with Crippen molar-refractivity contribution in [2.24, 2.45) is 0 Å². The van der Waals surface area contributed by atoms with Crippen LogP contribution in [-0.2, 0) is 16.1 Å². The van der Waals surface area contributed by atoms with Gasteiger partial charge in [-0.05, 0) is 41.4 Å². The second-order valence-electron chi connectivity index (χ2n) is 8.05. The van der Waals surface area contributed by atoms with Gasteiger partial charge in [-0.15, -0.1) is 0 Å². The second-order valence-corrected chi connectivity index (χ2v) is 8.05. The number of esters is 1. The zero-order chi connectivity index (χ0) is 26.2. The molecule has 2 aromatic carbocycles. The number of hydrogen-bond acceptors (Lipinski definition) is 3. The Morgan fingerprint density at radius 1 is 0.794 bits per heavy atom. The summed E-state index contributed by atoms with van der Waals surface area (Å²) in [7, 11) is 0. The van der Waals surface area contributed by atoms with Crippen molar-refractivity contribution in [1.29, 1.82) is 0 Å². The number of halogens is 6. The van der Waals surface area contributed by atoms with Gasteiger partial charge in [-0.1, -0.05) is 82.3 Å². The van der Waals surface area contributed by atoms with Gasteiger partial charge in [-0.3, -0.25) is 0 Å². The molecule has 0 saturated carbocycles. The van der Waals surface area contributed by atoms with Crippen molar-refractivity contribution in [3.8, 4) is 0 Å². The van der Waals surface area contributed by atoms with E-state index in [2.05, 4.69) is 48.9 Å². The molecule has 0 aliphatic carbocycles. The van der Waals surface area contributed by atoms with Crippen LogP contribution in [0.15, 0.2) is 54.6 Å². The summed E-state index contributed by atoms with van der Waals surface area (Å²) in [6, 6.07) is 16.8. The van der Waals surface area contributed by atoms with Gasteiger partial charge in [0.15, 0.2) is 0 Å². The van der Waals surface area contributed by atoms with E-state index in [0.29, 0.717) is 5.92 Å². The quantitative estimate of drug-likeness (QED) is 0.326. The zero-order valence-corrected chi connectivity index (χ0v) is 19.5. The average molecular weight is 493 g/mol. The Bertz CT molecular complexity index is 862. The molecule has 0 fully saturated rings. The third-order valence-electron chi connectivity index (χ3n) is 5.63. The molecule has 0 radical (unpaired) electrons. The molecule has 0 aromatic heterocycles. The number of rotatable bonds is 7. The first-order chi connectivity index (χ1) is 15.7. The molecule has 0 amide bonds. The Morgan fingerprint density at radius 3 is 1.59 bits per heavy atom. The Balaban J connectivity index is 0.000000479. The van der Waals surface area contributed by atoms with E-state index >= 15 is 0 Å². The van der Waals surface area contributed by atoms with Gasteiger partial charge in [0.25, 0.3) is 0 Å². The smallest absolute Gasteiger partial charge is 0.437 e. The molecule has 2 atom stereocenters. The number of aliphatic hydroxyl groups is 1. The van der Waals surface area contributed by atoms with E-state index in [0.717, 1.165) is 12.0 Å². The molecule has 2 unspecified atom stereocenters. The van der Waals surface area contributed by atoms with Gasteiger partial charge in [-0.25, -0.2) is 4.79 Å². The largest absolute Gasteiger partial charge is 0.458 e. The lowest BCUT2D eigenvalue weighted by atomic mass is 9.98. The van der Waals surface area contributed by atoms with E-state index in [4.69, 9.17) is 5.11 Å². The summed E-state index contributed by atoms with van der Waals surface area (Å²) < 4.78 is 79.0. The lowest BCUT2D eigenvalue weighted by Crippen LogP contribution is -2.62. The second kappa shape index (κ2) is 12.2. The van der Waals surface area contributed by atoms with Crippen LogP contribution >= 0.6 is 0 Å². The van der Waals surface area contributed by atoms with E-state index < -0.39 is 30.5 Å². The Kier molecular flexibility index (Phi) is 10.6. The maximum Gasteiger partial charge on any atom is 0.437 e. The van der Waals surface area contributed by atoms with E-state index in [9.17, 15) is 31.1 Å². The van der Waals surface area contributed by atoms with Gasteiger partial charge in [-0.2, -0.15) is 26.3 Å². The normalized spacial score (nSPS) is 14.0. The van der Waals surface area contributed by atoms with Crippen molar-refractivity contribution in [1.82, 2.24) is 0 Å². The maximum absolute atomic E-state index is 12.5. The minimum absolute atomic E-state index is 0.196. The summed E-state index contributed by atoms with van der Waals surface area (Å²) in [6.07, 6.45) is -10.4. The van der Waals surface area contributed by atoms with Crippen molar-refractivity contribution in [3.05, 3.63) is 71.3 Å². The lowest BCUT2D eigenvalue weighted by Gasteiger charge is -2.29. The first-order valence-corrected chi connectivity index (χ1v) is 10.9. The van der Waals surface area contributed by atoms with E-state index in [1.165, 1.54) is 24.1 Å². The van der Waals surface area contributed by atoms with Crippen LogP contribution in [0, 0.1) is 0 Å². The van der Waals surface area contributed by atoms with Crippen LogP contribution in [0.4, 0.5) is 26.3 Å². The molecule has 9 heteroatoms. The van der Waals surface area contributed by atoms with Crippen molar-refractivity contribution < 1.29 is 41.0 Å². The number of ether oxygens (including phenoxy) is 1. The summed E-state index contributed by atoms with van der Waals surface area (Å²) in [5.41, 5.74) is -2.99. The minimum Gasteiger partial charge on any atom is -0.458 e. The summed E-state index contributed by atoms with van der Waals surface area (Å²) in [5.74, 6) is -1.88. The van der Waals surface area contributed by atoms with Crippen LogP contribution in [0.5, 0.6) is 0 Å². The summed E-state index contributed by atoms with van der Waals surface area (Å²) >= 11 is 0. The van der Waals surface area contributed by atoms with Crippen LogP contribution in [0.3, 0.4) is 0 Å². The SMILES string of the molecule is CCC(C)c1ccc(COC(=O)C(O)(C(F)(F)F)C(F)(F)F)cc1.CCC(C)c1ccccc1. The monoisotopic (exact) mass is 492 g/mol. The molecule has 2 rings (SSSR count). The number of hydrogen-bond donors (Lipinski definition) is 1. The van der Waals surface area contributed by atoms with E-state index in [1.807, 2.05) is 13.8 Å². The molecule has 0 spiro atoms. The molecule has 0 aliphatic rings. The van der Waals surface area contributed by atoms with Crippen LogP contribution in [-0.4, -0.2) is 29.0 Å². The van der Waals surface area contributed by atoms with Crippen molar-refractivity contribution in [2.45, 2.75) is 76.9 Å². The first kappa shape index (κ1) is 29.5. The average Bonchev–Trinajstić information content (AvgIpc) is 2.80. The van der Waals surface area contributed by atoms with Gasteiger partial charge >= 0.3 is 23.9 Å². The molecule has 34 heavy (non-hydrogen) atoms. The number of alkyl halides is 6. The Morgan fingerprint density at radius 2 is 1.21 bits per heavy atom. The first-order valence-electron chi connectivity index (χ1n) is 10.9. The molecule has 2 aromatic rings. The predicted molar refractivity (Wildman–Crippen MR) is 117 cm³/mol. The molecular formula is C25H30F6O3. The number of carbonyl (C=O) groups is 1. The number of carbonyl (C=O) groups excluding carboxylic acids is 1. The fourth-order valence-electron chi connectivity index (χ4n) is 2.84. The van der Waals surface area contributed by atoms with E-state index in [1.54, 1.807) is 12.1 Å². The molecule has 1 N–H and O–H groups in total. The molecule has 0 saturated heterocycles. The van der Waals surface area contributed by atoms with Crippen LogP contribution in [0.2, 0.25) is 0 Å². The highest BCUT2D eigenvalue weighted by Gasteiger charge is 2.76. The van der Waals surface area contributed by atoms with Crippen LogP contribution in [0.1, 0.15) is 69.1 Å². The van der Waals surface area contributed by atoms with Crippen molar-refractivity contribution >= 4 is 5.97 Å².